The van der Waals surface area contributed by atoms with Crippen LogP contribution in [0.1, 0.15) is 19.9 Å². The molecule has 2 N–H and O–H groups in total. The number of rotatable bonds is 2. The van der Waals surface area contributed by atoms with Crippen LogP contribution in [0.2, 0.25) is 10.0 Å². The lowest BCUT2D eigenvalue weighted by molar-refractivity contribution is 0.620. The fourth-order valence-electron chi connectivity index (χ4n) is 2.34. The summed E-state index contributed by atoms with van der Waals surface area (Å²) in [6.07, 6.45) is 1.76. The number of halogens is 2. The maximum absolute atomic E-state index is 6.14. The first-order valence-electron chi connectivity index (χ1n) is 6.57. The van der Waals surface area contributed by atoms with E-state index in [-0.39, 0.29) is 6.04 Å². The van der Waals surface area contributed by atoms with Gasteiger partial charge in [0, 0.05) is 17.8 Å². The van der Waals surface area contributed by atoms with Crippen molar-refractivity contribution in [3.05, 3.63) is 40.5 Å². The van der Waals surface area contributed by atoms with E-state index in [1.807, 2.05) is 12.1 Å². The summed E-state index contributed by atoms with van der Waals surface area (Å²) in [5, 5.41) is 0.848. The van der Waals surface area contributed by atoms with Gasteiger partial charge in [-0.2, -0.15) is 0 Å². The Labute approximate surface area is 132 Å². The molecule has 1 aromatic carbocycles. The van der Waals surface area contributed by atoms with Gasteiger partial charge in [0.2, 0.25) is 0 Å². The molecule has 6 heteroatoms. The normalized spacial score (nSPS) is 11.5. The maximum atomic E-state index is 6.14. The van der Waals surface area contributed by atoms with Crippen molar-refractivity contribution in [2.45, 2.75) is 19.9 Å². The summed E-state index contributed by atoms with van der Waals surface area (Å²) in [5.74, 6) is 0.780. The first-order valence-corrected chi connectivity index (χ1v) is 7.32. The minimum absolute atomic E-state index is 0.204. The smallest absolute Gasteiger partial charge is 0.160 e. The standard InChI is InChI=1S/C15H14Cl2N4/c1-8(2)21-14(20-12-4-3-5-19-15(12)21)9-6-10(16)13(18)11(17)7-9/h3-8H,18H2,1-2H3. The molecule has 0 radical (unpaired) electrons. The van der Waals surface area contributed by atoms with Gasteiger partial charge in [0.1, 0.15) is 11.3 Å². The second kappa shape index (κ2) is 5.20. The molecule has 0 saturated heterocycles. The summed E-state index contributed by atoms with van der Waals surface area (Å²) in [6.45, 7) is 4.17. The van der Waals surface area contributed by atoms with Crippen LogP contribution in [-0.2, 0) is 0 Å². The van der Waals surface area contributed by atoms with E-state index in [2.05, 4.69) is 28.4 Å². The van der Waals surface area contributed by atoms with Crippen molar-refractivity contribution in [1.82, 2.24) is 14.5 Å². The minimum Gasteiger partial charge on any atom is -0.396 e. The number of imidazole rings is 1. The van der Waals surface area contributed by atoms with Crippen LogP contribution in [0.25, 0.3) is 22.6 Å². The van der Waals surface area contributed by atoms with Crippen molar-refractivity contribution in [3.63, 3.8) is 0 Å². The lowest BCUT2D eigenvalue weighted by Gasteiger charge is -2.13. The molecule has 0 atom stereocenters. The maximum Gasteiger partial charge on any atom is 0.160 e. The molecule has 0 fully saturated rings. The Kier molecular flexibility index (Phi) is 3.51. The van der Waals surface area contributed by atoms with Crippen LogP contribution in [0, 0.1) is 0 Å². The molecular formula is C15H14Cl2N4. The Morgan fingerprint density at radius 3 is 2.48 bits per heavy atom. The van der Waals surface area contributed by atoms with Crippen molar-refractivity contribution in [2.75, 3.05) is 5.73 Å². The van der Waals surface area contributed by atoms with Gasteiger partial charge >= 0.3 is 0 Å². The number of fused-ring (bicyclic) bond motifs is 1. The number of nitrogens with two attached hydrogens (primary N) is 1. The lowest BCUT2D eigenvalue weighted by Crippen LogP contribution is -2.04. The predicted molar refractivity (Wildman–Crippen MR) is 87.8 cm³/mol. The third-order valence-electron chi connectivity index (χ3n) is 3.30. The van der Waals surface area contributed by atoms with Crippen molar-refractivity contribution in [3.8, 4) is 11.4 Å². The quantitative estimate of drug-likeness (QED) is 0.704. The molecule has 2 aromatic heterocycles. The molecule has 3 rings (SSSR count). The zero-order valence-electron chi connectivity index (χ0n) is 11.6. The van der Waals surface area contributed by atoms with Crippen LogP contribution in [0.3, 0.4) is 0 Å². The second-order valence-electron chi connectivity index (χ2n) is 5.10. The van der Waals surface area contributed by atoms with Gasteiger partial charge < -0.3 is 10.3 Å². The molecule has 4 nitrogen and oxygen atoms in total. The summed E-state index contributed by atoms with van der Waals surface area (Å²) in [6, 6.07) is 7.57. The van der Waals surface area contributed by atoms with Gasteiger partial charge in [-0.25, -0.2) is 9.97 Å². The Hall–Kier alpha value is -1.78. The first kappa shape index (κ1) is 14.2. The van der Waals surface area contributed by atoms with E-state index in [9.17, 15) is 0 Å². The van der Waals surface area contributed by atoms with Crippen molar-refractivity contribution >= 4 is 40.1 Å². The van der Waals surface area contributed by atoms with Crippen LogP contribution in [0.4, 0.5) is 5.69 Å². The number of aromatic nitrogens is 3. The van der Waals surface area contributed by atoms with E-state index in [0.717, 1.165) is 22.6 Å². The Balaban J connectivity index is 2.32. The average molecular weight is 321 g/mol. The van der Waals surface area contributed by atoms with Gasteiger partial charge in [-0.3, -0.25) is 0 Å². The molecule has 3 aromatic rings. The highest BCUT2D eigenvalue weighted by Crippen LogP contribution is 2.35. The fraction of sp³-hybridized carbons (Fsp3) is 0.200. The first-order chi connectivity index (χ1) is 9.99. The van der Waals surface area contributed by atoms with Gasteiger partial charge in [0.15, 0.2) is 5.65 Å². The van der Waals surface area contributed by atoms with Crippen LogP contribution < -0.4 is 5.73 Å². The van der Waals surface area contributed by atoms with E-state index in [1.54, 1.807) is 18.3 Å². The SMILES string of the molecule is CC(C)n1c(-c2cc(Cl)c(N)c(Cl)c2)nc2cccnc21. The summed E-state index contributed by atoms with van der Waals surface area (Å²) in [7, 11) is 0. The third-order valence-corrected chi connectivity index (χ3v) is 3.93. The number of benzene rings is 1. The van der Waals surface area contributed by atoms with Gasteiger partial charge in [-0.05, 0) is 38.1 Å². The van der Waals surface area contributed by atoms with Gasteiger partial charge in [-0.15, -0.1) is 0 Å². The zero-order valence-corrected chi connectivity index (χ0v) is 13.2. The van der Waals surface area contributed by atoms with Crippen LogP contribution in [-0.4, -0.2) is 14.5 Å². The van der Waals surface area contributed by atoms with E-state index in [0.29, 0.717) is 15.7 Å². The number of hydrogen-bond donors (Lipinski definition) is 1. The van der Waals surface area contributed by atoms with Crippen molar-refractivity contribution in [2.24, 2.45) is 0 Å². The number of hydrogen-bond acceptors (Lipinski definition) is 3. The van der Waals surface area contributed by atoms with Crippen molar-refractivity contribution < 1.29 is 0 Å². The molecule has 2 heterocycles. The molecule has 0 unspecified atom stereocenters. The molecule has 0 amide bonds. The average Bonchev–Trinajstić information content (AvgIpc) is 2.83. The highest BCUT2D eigenvalue weighted by atomic mass is 35.5. The van der Waals surface area contributed by atoms with E-state index in [1.165, 1.54) is 0 Å². The monoisotopic (exact) mass is 320 g/mol. The van der Waals surface area contributed by atoms with Crippen LogP contribution >= 0.6 is 23.2 Å². The van der Waals surface area contributed by atoms with Crippen molar-refractivity contribution in [1.29, 1.82) is 0 Å². The van der Waals surface area contributed by atoms with E-state index < -0.39 is 0 Å². The zero-order chi connectivity index (χ0) is 15.1. The summed E-state index contributed by atoms with van der Waals surface area (Å²) >= 11 is 12.3. The molecule has 108 valence electrons. The third kappa shape index (κ3) is 2.34. The van der Waals surface area contributed by atoms with Gasteiger partial charge in [0.25, 0.3) is 0 Å². The second-order valence-corrected chi connectivity index (χ2v) is 5.91. The number of anilines is 1. The number of nitrogen functional groups attached to an aromatic ring is 1. The molecule has 21 heavy (non-hydrogen) atoms. The predicted octanol–water partition coefficient (Wildman–Crippen LogP) is 4.57. The largest absolute Gasteiger partial charge is 0.396 e. The summed E-state index contributed by atoms with van der Waals surface area (Å²) < 4.78 is 2.06. The van der Waals surface area contributed by atoms with Crippen LogP contribution in [0.5, 0.6) is 0 Å². The molecular weight excluding hydrogens is 307 g/mol. The van der Waals surface area contributed by atoms with E-state index >= 15 is 0 Å². The number of pyridine rings is 1. The summed E-state index contributed by atoms with van der Waals surface area (Å²) in [4.78, 5) is 9.08. The topological polar surface area (TPSA) is 56.7 Å². The highest BCUT2D eigenvalue weighted by Gasteiger charge is 2.17. The molecule has 0 spiro atoms. The Morgan fingerprint density at radius 2 is 1.86 bits per heavy atom. The van der Waals surface area contributed by atoms with Crippen LogP contribution in [0.15, 0.2) is 30.5 Å². The molecule has 0 aliphatic rings. The van der Waals surface area contributed by atoms with Gasteiger partial charge in [0.05, 0.1) is 15.7 Å². The molecule has 0 aliphatic carbocycles. The highest BCUT2D eigenvalue weighted by molar-refractivity contribution is 6.39. The Bertz CT molecular complexity index is 801. The summed E-state index contributed by atoms with van der Waals surface area (Å²) in [5.41, 5.74) is 8.68. The lowest BCUT2D eigenvalue weighted by atomic mass is 10.2. The van der Waals surface area contributed by atoms with Gasteiger partial charge in [-0.1, -0.05) is 23.2 Å². The molecule has 0 aliphatic heterocycles. The minimum atomic E-state index is 0.204. The Morgan fingerprint density at radius 1 is 1.19 bits per heavy atom. The molecule has 0 saturated carbocycles. The molecule has 0 bridgehead atoms. The number of nitrogens with zero attached hydrogens (tertiary/aromatic N) is 3. The fourth-order valence-corrected chi connectivity index (χ4v) is 2.82. The van der Waals surface area contributed by atoms with E-state index in [4.69, 9.17) is 28.9 Å².